The normalized spacial score (nSPS) is 16.7. The van der Waals surface area contributed by atoms with E-state index in [2.05, 4.69) is 10.1 Å². The van der Waals surface area contributed by atoms with E-state index >= 15 is 0 Å². The van der Waals surface area contributed by atoms with Crippen molar-refractivity contribution in [3.63, 3.8) is 0 Å². The van der Waals surface area contributed by atoms with E-state index in [0.29, 0.717) is 11.4 Å². The van der Waals surface area contributed by atoms with E-state index < -0.39 is 5.97 Å². The standard InChI is InChI=1S/C12H13N3O2/c16-12(17)11-10-6-5-9(8-3-1-2-4-8)14-15(10)7-13-11/h5-8H,1-4H2,(H,16,17). The molecule has 88 valence electrons. The van der Waals surface area contributed by atoms with Crippen molar-refractivity contribution >= 4 is 11.5 Å². The molecular formula is C12H13N3O2. The van der Waals surface area contributed by atoms with Crippen molar-refractivity contribution in [1.29, 1.82) is 0 Å². The molecule has 0 unspecified atom stereocenters. The Morgan fingerprint density at radius 1 is 1.35 bits per heavy atom. The fraction of sp³-hybridized carbons (Fsp3) is 0.417. The summed E-state index contributed by atoms with van der Waals surface area (Å²) in [6.07, 6.45) is 6.35. The second-order valence-corrected chi connectivity index (χ2v) is 4.47. The maximum Gasteiger partial charge on any atom is 0.356 e. The zero-order chi connectivity index (χ0) is 11.8. The number of nitrogens with zero attached hydrogens (tertiary/aromatic N) is 3. The van der Waals surface area contributed by atoms with Gasteiger partial charge >= 0.3 is 5.97 Å². The van der Waals surface area contributed by atoms with Gasteiger partial charge in [-0.2, -0.15) is 5.10 Å². The SMILES string of the molecule is O=C(O)c1ncn2nc(C3CCCC3)ccc12. The fourth-order valence-corrected chi connectivity index (χ4v) is 2.51. The fourth-order valence-electron chi connectivity index (χ4n) is 2.51. The van der Waals surface area contributed by atoms with E-state index in [1.807, 2.05) is 6.07 Å². The van der Waals surface area contributed by atoms with Crippen LogP contribution < -0.4 is 0 Å². The van der Waals surface area contributed by atoms with Gasteiger partial charge in [-0.3, -0.25) is 0 Å². The van der Waals surface area contributed by atoms with Crippen molar-refractivity contribution in [2.75, 3.05) is 0 Å². The van der Waals surface area contributed by atoms with Gasteiger partial charge in [-0.05, 0) is 25.0 Å². The highest BCUT2D eigenvalue weighted by Gasteiger charge is 2.20. The first-order chi connectivity index (χ1) is 8.25. The minimum absolute atomic E-state index is 0.0653. The van der Waals surface area contributed by atoms with Crippen LogP contribution in [0.2, 0.25) is 0 Å². The van der Waals surface area contributed by atoms with Crippen LogP contribution in [0.25, 0.3) is 5.52 Å². The Hall–Kier alpha value is -1.91. The van der Waals surface area contributed by atoms with Gasteiger partial charge < -0.3 is 5.11 Å². The molecule has 3 rings (SSSR count). The first-order valence-electron chi connectivity index (χ1n) is 5.83. The average Bonchev–Trinajstić information content (AvgIpc) is 2.97. The highest BCUT2D eigenvalue weighted by molar-refractivity contribution is 5.93. The number of hydrogen-bond acceptors (Lipinski definition) is 3. The molecule has 17 heavy (non-hydrogen) atoms. The lowest BCUT2D eigenvalue weighted by molar-refractivity contribution is 0.0693. The molecule has 1 saturated carbocycles. The topological polar surface area (TPSA) is 67.5 Å². The van der Waals surface area contributed by atoms with Crippen molar-refractivity contribution in [2.45, 2.75) is 31.6 Å². The third-order valence-electron chi connectivity index (χ3n) is 3.40. The van der Waals surface area contributed by atoms with Crippen LogP contribution in [0, 0.1) is 0 Å². The number of fused-ring (bicyclic) bond motifs is 1. The maximum atomic E-state index is 10.9. The van der Waals surface area contributed by atoms with E-state index in [-0.39, 0.29) is 5.69 Å². The second-order valence-electron chi connectivity index (χ2n) is 4.47. The summed E-state index contributed by atoms with van der Waals surface area (Å²) in [4.78, 5) is 14.8. The molecule has 2 heterocycles. The van der Waals surface area contributed by atoms with Gasteiger partial charge in [0, 0.05) is 5.92 Å². The minimum atomic E-state index is -1.01. The molecule has 0 saturated heterocycles. The molecule has 5 nitrogen and oxygen atoms in total. The quantitative estimate of drug-likeness (QED) is 0.859. The van der Waals surface area contributed by atoms with Gasteiger partial charge in [-0.1, -0.05) is 12.8 Å². The molecule has 1 aliphatic rings. The third kappa shape index (κ3) is 1.67. The molecular weight excluding hydrogens is 218 g/mol. The van der Waals surface area contributed by atoms with Crippen molar-refractivity contribution in [3.05, 3.63) is 29.8 Å². The zero-order valence-corrected chi connectivity index (χ0v) is 9.33. The number of aromatic nitrogens is 3. The van der Waals surface area contributed by atoms with E-state index in [9.17, 15) is 4.79 Å². The van der Waals surface area contributed by atoms with Gasteiger partial charge in [0.1, 0.15) is 6.33 Å². The predicted octanol–water partition coefficient (Wildman–Crippen LogP) is 2.09. The van der Waals surface area contributed by atoms with Crippen LogP contribution in [0.5, 0.6) is 0 Å². The summed E-state index contributed by atoms with van der Waals surface area (Å²) in [6.45, 7) is 0. The highest BCUT2D eigenvalue weighted by Crippen LogP contribution is 2.32. The number of hydrogen-bond donors (Lipinski definition) is 1. The third-order valence-corrected chi connectivity index (χ3v) is 3.40. The number of aromatic carboxylic acids is 1. The largest absolute Gasteiger partial charge is 0.476 e. The molecule has 1 aliphatic carbocycles. The van der Waals surface area contributed by atoms with Gasteiger partial charge in [-0.25, -0.2) is 14.3 Å². The van der Waals surface area contributed by atoms with E-state index in [1.54, 1.807) is 10.6 Å². The van der Waals surface area contributed by atoms with Crippen LogP contribution in [0.4, 0.5) is 0 Å². The Kier molecular flexibility index (Phi) is 2.31. The molecule has 0 spiro atoms. The summed E-state index contributed by atoms with van der Waals surface area (Å²) in [5.74, 6) is -0.488. The monoisotopic (exact) mass is 231 g/mol. The van der Waals surface area contributed by atoms with Crippen molar-refractivity contribution < 1.29 is 9.90 Å². The molecule has 1 fully saturated rings. The molecule has 5 heteroatoms. The number of carbonyl (C=O) groups is 1. The Bertz CT molecular complexity index is 570. The summed E-state index contributed by atoms with van der Waals surface area (Å²) in [7, 11) is 0. The van der Waals surface area contributed by atoms with Crippen molar-refractivity contribution in [1.82, 2.24) is 14.6 Å². The second kappa shape index (κ2) is 3.84. The molecule has 2 aromatic heterocycles. The first-order valence-corrected chi connectivity index (χ1v) is 5.83. The molecule has 0 aromatic carbocycles. The van der Waals surface area contributed by atoms with Crippen LogP contribution in [-0.4, -0.2) is 25.7 Å². The summed E-state index contributed by atoms with van der Waals surface area (Å²) in [5, 5.41) is 13.4. The average molecular weight is 231 g/mol. The van der Waals surface area contributed by atoms with Gasteiger partial charge in [0.15, 0.2) is 5.69 Å². The number of carboxylic acid groups (broad SMARTS) is 1. The smallest absolute Gasteiger partial charge is 0.356 e. The predicted molar refractivity (Wildman–Crippen MR) is 61.2 cm³/mol. The molecule has 0 atom stereocenters. The van der Waals surface area contributed by atoms with Gasteiger partial charge in [-0.15, -0.1) is 0 Å². The molecule has 2 aromatic rings. The molecule has 1 N–H and O–H groups in total. The van der Waals surface area contributed by atoms with Crippen LogP contribution in [0.3, 0.4) is 0 Å². The Balaban J connectivity index is 2.05. The van der Waals surface area contributed by atoms with Gasteiger partial charge in [0.25, 0.3) is 0 Å². The zero-order valence-electron chi connectivity index (χ0n) is 9.33. The Morgan fingerprint density at radius 3 is 2.82 bits per heavy atom. The minimum Gasteiger partial charge on any atom is -0.476 e. The lowest BCUT2D eigenvalue weighted by atomic mass is 10.0. The Labute approximate surface area is 98.1 Å². The van der Waals surface area contributed by atoms with E-state index in [4.69, 9.17) is 5.11 Å². The maximum absolute atomic E-state index is 10.9. The van der Waals surface area contributed by atoms with E-state index in [0.717, 1.165) is 5.69 Å². The Morgan fingerprint density at radius 2 is 2.12 bits per heavy atom. The first kappa shape index (κ1) is 10.3. The summed E-state index contributed by atoms with van der Waals surface area (Å²) in [5.41, 5.74) is 1.67. The number of carboxylic acids is 1. The van der Waals surface area contributed by atoms with E-state index in [1.165, 1.54) is 32.0 Å². The highest BCUT2D eigenvalue weighted by atomic mass is 16.4. The summed E-state index contributed by atoms with van der Waals surface area (Å²) < 4.78 is 1.57. The molecule has 0 amide bonds. The van der Waals surface area contributed by atoms with Crippen LogP contribution in [0.15, 0.2) is 18.5 Å². The molecule has 0 aliphatic heterocycles. The lowest BCUT2D eigenvalue weighted by Gasteiger charge is -2.07. The van der Waals surface area contributed by atoms with Crippen molar-refractivity contribution in [3.8, 4) is 0 Å². The molecule has 0 bridgehead atoms. The van der Waals surface area contributed by atoms with Crippen LogP contribution >= 0.6 is 0 Å². The van der Waals surface area contributed by atoms with Crippen LogP contribution in [-0.2, 0) is 0 Å². The van der Waals surface area contributed by atoms with Gasteiger partial charge in [0.05, 0.1) is 11.2 Å². The summed E-state index contributed by atoms with van der Waals surface area (Å²) in [6, 6.07) is 3.73. The summed E-state index contributed by atoms with van der Waals surface area (Å²) >= 11 is 0. The van der Waals surface area contributed by atoms with Crippen molar-refractivity contribution in [2.24, 2.45) is 0 Å². The van der Waals surface area contributed by atoms with Gasteiger partial charge in [0.2, 0.25) is 0 Å². The molecule has 0 radical (unpaired) electrons. The van der Waals surface area contributed by atoms with Crippen LogP contribution in [0.1, 0.15) is 47.8 Å². The number of imidazole rings is 1. The number of rotatable bonds is 2. The lowest BCUT2D eigenvalue weighted by Crippen LogP contribution is -2.02.